The van der Waals surface area contributed by atoms with Crippen LogP contribution < -0.4 is 10.5 Å². The molecule has 0 fully saturated rings. The lowest BCUT2D eigenvalue weighted by molar-refractivity contribution is 0.462. The van der Waals surface area contributed by atoms with E-state index >= 15 is 0 Å². The van der Waals surface area contributed by atoms with Gasteiger partial charge in [-0.05, 0) is 18.2 Å². The summed E-state index contributed by atoms with van der Waals surface area (Å²) in [4.78, 5) is 8.24. The molecule has 0 radical (unpaired) electrons. The fraction of sp³-hybridized carbons (Fsp3) is 0.0667. The number of hydrogen-bond donors (Lipinski definition) is 1. The van der Waals surface area contributed by atoms with Crippen molar-refractivity contribution in [2.75, 3.05) is 0 Å². The number of para-hydroxylation sites is 1. The third-order valence-corrected chi connectivity index (χ3v) is 2.97. The van der Waals surface area contributed by atoms with E-state index in [1.54, 1.807) is 12.1 Å². The predicted molar refractivity (Wildman–Crippen MR) is 73.9 cm³/mol. The molecule has 100 valence electrons. The SMILES string of the molecule is NCc1ccc(Oc2ncnc3ccccc23)cc1F. The van der Waals surface area contributed by atoms with Crippen LogP contribution in [0.4, 0.5) is 4.39 Å². The van der Waals surface area contributed by atoms with Gasteiger partial charge in [0.15, 0.2) is 0 Å². The number of aromatic nitrogens is 2. The highest BCUT2D eigenvalue weighted by Crippen LogP contribution is 2.27. The monoisotopic (exact) mass is 269 g/mol. The van der Waals surface area contributed by atoms with Crippen LogP contribution in [0.5, 0.6) is 11.6 Å². The highest BCUT2D eigenvalue weighted by molar-refractivity contribution is 5.83. The van der Waals surface area contributed by atoms with Gasteiger partial charge in [0.1, 0.15) is 17.9 Å². The van der Waals surface area contributed by atoms with Crippen LogP contribution in [0.15, 0.2) is 48.8 Å². The zero-order valence-electron chi connectivity index (χ0n) is 10.6. The molecule has 0 aliphatic rings. The van der Waals surface area contributed by atoms with Gasteiger partial charge in [-0.1, -0.05) is 18.2 Å². The van der Waals surface area contributed by atoms with Gasteiger partial charge in [-0.15, -0.1) is 0 Å². The second-order valence-corrected chi connectivity index (χ2v) is 4.26. The largest absolute Gasteiger partial charge is 0.438 e. The summed E-state index contributed by atoms with van der Waals surface area (Å²) in [6.07, 6.45) is 1.42. The molecular formula is C15H12FN3O. The van der Waals surface area contributed by atoms with Crippen LogP contribution in [0, 0.1) is 5.82 Å². The normalized spacial score (nSPS) is 10.7. The molecule has 0 spiro atoms. The Balaban J connectivity index is 1.99. The van der Waals surface area contributed by atoms with E-state index in [1.807, 2.05) is 24.3 Å². The molecule has 3 aromatic rings. The molecule has 3 rings (SSSR count). The number of nitrogens with two attached hydrogens (primary N) is 1. The Kier molecular flexibility index (Phi) is 3.26. The fourth-order valence-corrected chi connectivity index (χ4v) is 1.93. The van der Waals surface area contributed by atoms with Crippen molar-refractivity contribution in [1.82, 2.24) is 9.97 Å². The first-order valence-corrected chi connectivity index (χ1v) is 6.14. The summed E-state index contributed by atoms with van der Waals surface area (Å²) in [5, 5.41) is 0.776. The molecule has 1 heterocycles. The van der Waals surface area contributed by atoms with Crippen LogP contribution in [0.2, 0.25) is 0 Å². The summed E-state index contributed by atoms with van der Waals surface area (Å²) < 4.78 is 19.3. The number of halogens is 1. The van der Waals surface area contributed by atoms with Crippen molar-refractivity contribution in [3.05, 3.63) is 60.2 Å². The highest BCUT2D eigenvalue weighted by atomic mass is 19.1. The van der Waals surface area contributed by atoms with E-state index in [4.69, 9.17) is 10.5 Å². The fourth-order valence-electron chi connectivity index (χ4n) is 1.93. The van der Waals surface area contributed by atoms with Gasteiger partial charge >= 0.3 is 0 Å². The summed E-state index contributed by atoms with van der Waals surface area (Å²) in [7, 11) is 0. The number of rotatable bonds is 3. The first kappa shape index (κ1) is 12.5. The van der Waals surface area contributed by atoms with Crippen LogP contribution in [0.3, 0.4) is 0 Å². The molecule has 0 saturated carbocycles. The Morgan fingerprint density at radius 2 is 1.95 bits per heavy atom. The van der Waals surface area contributed by atoms with Crippen LogP contribution in [0.1, 0.15) is 5.56 Å². The molecule has 4 nitrogen and oxygen atoms in total. The van der Waals surface area contributed by atoms with E-state index in [0.717, 1.165) is 10.9 Å². The molecule has 0 aliphatic heterocycles. The van der Waals surface area contributed by atoms with Gasteiger partial charge in [-0.2, -0.15) is 0 Å². The van der Waals surface area contributed by atoms with Gasteiger partial charge in [0, 0.05) is 18.2 Å². The second kappa shape index (κ2) is 5.22. The molecule has 0 amide bonds. The van der Waals surface area contributed by atoms with E-state index in [1.165, 1.54) is 12.4 Å². The number of benzene rings is 2. The summed E-state index contributed by atoms with van der Waals surface area (Å²) in [5.74, 6) is 0.391. The zero-order chi connectivity index (χ0) is 13.9. The van der Waals surface area contributed by atoms with Crippen LogP contribution in [0.25, 0.3) is 10.9 Å². The molecule has 0 aliphatic carbocycles. The van der Waals surface area contributed by atoms with Gasteiger partial charge in [-0.3, -0.25) is 0 Å². The third-order valence-electron chi connectivity index (χ3n) is 2.97. The Morgan fingerprint density at radius 1 is 1.10 bits per heavy atom. The molecule has 0 saturated heterocycles. The Bertz CT molecular complexity index is 756. The molecule has 0 bridgehead atoms. The maximum Gasteiger partial charge on any atom is 0.230 e. The van der Waals surface area contributed by atoms with Crippen molar-refractivity contribution >= 4 is 10.9 Å². The van der Waals surface area contributed by atoms with E-state index in [-0.39, 0.29) is 12.4 Å². The Hall–Kier alpha value is -2.53. The lowest BCUT2D eigenvalue weighted by Crippen LogP contribution is -2.00. The summed E-state index contributed by atoms with van der Waals surface area (Å²) in [6.45, 7) is 0.155. The summed E-state index contributed by atoms with van der Waals surface area (Å²) in [6, 6.07) is 12.1. The summed E-state index contributed by atoms with van der Waals surface area (Å²) >= 11 is 0. The lowest BCUT2D eigenvalue weighted by atomic mass is 10.2. The minimum Gasteiger partial charge on any atom is -0.438 e. The first-order valence-electron chi connectivity index (χ1n) is 6.14. The maximum absolute atomic E-state index is 13.7. The van der Waals surface area contributed by atoms with Crippen molar-refractivity contribution in [2.45, 2.75) is 6.54 Å². The van der Waals surface area contributed by atoms with Crippen molar-refractivity contribution in [1.29, 1.82) is 0 Å². The highest BCUT2D eigenvalue weighted by Gasteiger charge is 2.07. The van der Waals surface area contributed by atoms with Crippen LogP contribution >= 0.6 is 0 Å². The van der Waals surface area contributed by atoms with Crippen molar-refractivity contribution in [3.8, 4) is 11.6 Å². The smallest absolute Gasteiger partial charge is 0.230 e. The van der Waals surface area contributed by atoms with E-state index in [2.05, 4.69) is 9.97 Å². The van der Waals surface area contributed by atoms with Crippen molar-refractivity contribution in [2.24, 2.45) is 5.73 Å². The maximum atomic E-state index is 13.7. The molecule has 2 aromatic carbocycles. The van der Waals surface area contributed by atoms with Crippen molar-refractivity contribution < 1.29 is 9.13 Å². The molecule has 0 atom stereocenters. The molecule has 2 N–H and O–H groups in total. The molecular weight excluding hydrogens is 257 g/mol. The van der Waals surface area contributed by atoms with E-state index in [9.17, 15) is 4.39 Å². The zero-order valence-corrected chi connectivity index (χ0v) is 10.6. The average Bonchev–Trinajstić information content (AvgIpc) is 2.48. The topological polar surface area (TPSA) is 61.0 Å². The summed E-state index contributed by atoms with van der Waals surface area (Å²) in [5.41, 5.74) is 6.65. The second-order valence-electron chi connectivity index (χ2n) is 4.26. The average molecular weight is 269 g/mol. The first-order chi connectivity index (χ1) is 9.78. The van der Waals surface area contributed by atoms with E-state index < -0.39 is 0 Å². The van der Waals surface area contributed by atoms with Gasteiger partial charge in [0.05, 0.1) is 10.9 Å². The number of nitrogens with zero attached hydrogens (tertiary/aromatic N) is 2. The molecule has 0 unspecified atom stereocenters. The number of fused-ring (bicyclic) bond motifs is 1. The van der Waals surface area contributed by atoms with Gasteiger partial charge in [0.2, 0.25) is 5.88 Å². The van der Waals surface area contributed by atoms with Gasteiger partial charge in [0.25, 0.3) is 0 Å². The van der Waals surface area contributed by atoms with Crippen LogP contribution in [-0.2, 0) is 6.54 Å². The van der Waals surface area contributed by atoms with E-state index in [0.29, 0.717) is 17.2 Å². The Labute approximate surface area is 115 Å². The minimum absolute atomic E-state index is 0.155. The standard InChI is InChI=1S/C15H12FN3O/c16-13-7-11(6-5-10(13)8-17)20-15-12-3-1-2-4-14(12)18-9-19-15/h1-7,9H,8,17H2. The van der Waals surface area contributed by atoms with Gasteiger partial charge in [-0.25, -0.2) is 14.4 Å². The molecule has 20 heavy (non-hydrogen) atoms. The predicted octanol–water partition coefficient (Wildman–Crippen LogP) is 3.02. The minimum atomic E-state index is -0.386. The Morgan fingerprint density at radius 3 is 2.75 bits per heavy atom. The molecule has 1 aromatic heterocycles. The number of hydrogen-bond acceptors (Lipinski definition) is 4. The van der Waals surface area contributed by atoms with Gasteiger partial charge < -0.3 is 10.5 Å². The van der Waals surface area contributed by atoms with Crippen molar-refractivity contribution in [3.63, 3.8) is 0 Å². The number of ether oxygens (including phenoxy) is 1. The molecule has 5 heteroatoms. The van der Waals surface area contributed by atoms with Crippen LogP contribution in [-0.4, -0.2) is 9.97 Å². The lowest BCUT2D eigenvalue weighted by Gasteiger charge is -2.08. The quantitative estimate of drug-likeness (QED) is 0.794. The third kappa shape index (κ3) is 2.31.